The summed E-state index contributed by atoms with van der Waals surface area (Å²) >= 11 is 0. The van der Waals surface area contributed by atoms with Gasteiger partial charge in [-0.2, -0.15) is 0 Å². The first-order valence-corrected chi connectivity index (χ1v) is 10.5. The van der Waals surface area contributed by atoms with Crippen LogP contribution in [0.4, 0.5) is 5.82 Å². The van der Waals surface area contributed by atoms with Crippen molar-refractivity contribution in [2.24, 2.45) is 0 Å². The normalized spacial score (nSPS) is 18.7. The lowest BCUT2D eigenvalue weighted by Crippen LogP contribution is -2.32. The maximum atomic E-state index is 10.5. The first-order chi connectivity index (χ1) is 14.2. The molecule has 6 heteroatoms. The Bertz CT molecular complexity index is 834. The largest absolute Gasteiger partial charge is 0.387 e. The second kappa shape index (κ2) is 9.48. The summed E-state index contributed by atoms with van der Waals surface area (Å²) in [6.07, 6.45) is 5.08. The van der Waals surface area contributed by atoms with Crippen molar-refractivity contribution in [3.8, 4) is 0 Å². The standard InChI is InChI=1S/C23H30N4O2/c1-29-17-20-15-22(27-11-5-6-12-27)25-23(24-20)19-9-13-26(14-10-19)16-21(28)18-7-3-2-4-8-18/h2-4,7-9,15,21,28H,5-6,10-14,16-17H2,1H3. The maximum Gasteiger partial charge on any atom is 0.157 e. The van der Waals surface area contributed by atoms with Crippen LogP contribution < -0.4 is 4.90 Å². The highest BCUT2D eigenvalue weighted by Gasteiger charge is 2.21. The van der Waals surface area contributed by atoms with Crippen molar-refractivity contribution in [1.29, 1.82) is 0 Å². The monoisotopic (exact) mass is 394 g/mol. The van der Waals surface area contributed by atoms with Gasteiger partial charge in [-0.05, 0) is 30.4 Å². The predicted octanol–water partition coefficient (Wildman–Crippen LogP) is 3.05. The van der Waals surface area contributed by atoms with Gasteiger partial charge in [0, 0.05) is 45.9 Å². The summed E-state index contributed by atoms with van der Waals surface area (Å²) in [6, 6.07) is 11.9. The molecule has 2 aromatic rings. The molecular formula is C23H30N4O2. The Morgan fingerprint density at radius 1 is 1.10 bits per heavy atom. The number of aromatic nitrogens is 2. The van der Waals surface area contributed by atoms with Crippen LogP contribution in [0.5, 0.6) is 0 Å². The fraction of sp³-hybridized carbons (Fsp3) is 0.478. The van der Waals surface area contributed by atoms with Gasteiger partial charge in [-0.25, -0.2) is 9.97 Å². The molecule has 1 saturated heterocycles. The zero-order valence-electron chi connectivity index (χ0n) is 17.1. The zero-order valence-corrected chi connectivity index (χ0v) is 17.1. The number of aliphatic hydroxyl groups excluding tert-OH is 1. The number of hydrogen-bond acceptors (Lipinski definition) is 6. The van der Waals surface area contributed by atoms with Crippen molar-refractivity contribution in [3.05, 3.63) is 59.6 Å². The van der Waals surface area contributed by atoms with Gasteiger partial charge in [0.05, 0.1) is 18.4 Å². The first kappa shape index (κ1) is 20.0. The third kappa shape index (κ3) is 5.01. The van der Waals surface area contributed by atoms with Gasteiger partial charge < -0.3 is 14.7 Å². The second-order valence-electron chi connectivity index (χ2n) is 7.83. The number of hydrogen-bond donors (Lipinski definition) is 1. The minimum Gasteiger partial charge on any atom is -0.387 e. The van der Waals surface area contributed by atoms with Gasteiger partial charge in [0.15, 0.2) is 5.82 Å². The molecule has 0 saturated carbocycles. The molecule has 1 aromatic heterocycles. The van der Waals surface area contributed by atoms with Crippen LogP contribution in [-0.4, -0.2) is 59.8 Å². The number of ether oxygens (including phenoxy) is 1. The number of methoxy groups -OCH3 is 1. The van der Waals surface area contributed by atoms with Gasteiger partial charge >= 0.3 is 0 Å². The number of anilines is 1. The van der Waals surface area contributed by atoms with Crippen molar-refractivity contribution < 1.29 is 9.84 Å². The van der Waals surface area contributed by atoms with Crippen molar-refractivity contribution in [3.63, 3.8) is 0 Å². The van der Waals surface area contributed by atoms with Gasteiger partial charge in [0.1, 0.15) is 5.82 Å². The SMILES string of the molecule is COCc1cc(N2CCCC2)nc(C2=CCN(CC(O)c3ccccc3)CC2)n1. The molecule has 2 aliphatic heterocycles. The van der Waals surface area contributed by atoms with Crippen LogP contribution in [0.2, 0.25) is 0 Å². The average Bonchev–Trinajstić information content (AvgIpc) is 3.30. The average molecular weight is 395 g/mol. The highest BCUT2D eigenvalue weighted by atomic mass is 16.5. The Morgan fingerprint density at radius 3 is 2.59 bits per heavy atom. The molecular weight excluding hydrogens is 364 g/mol. The van der Waals surface area contributed by atoms with Gasteiger partial charge in [0.2, 0.25) is 0 Å². The van der Waals surface area contributed by atoms with E-state index in [1.54, 1.807) is 7.11 Å². The summed E-state index contributed by atoms with van der Waals surface area (Å²) < 4.78 is 5.33. The van der Waals surface area contributed by atoms with Crippen molar-refractivity contribution in [1.82, 2.24) is 14.9 Å². The minimum absolute atomic E-state index is 0.464. The summed E-state index contributed by atoms with van der Waals surface area (Å²) in [7, 11) is 1.70. The number of benzene rings is 1. The highest BCUT2D eigenvalue weighted by Crippen LogP contribution is 2.25. The van der Waals surface area contributed by atoms with Gasteiger partial charge in [-0.15, -0.1) is 0 Å². The molecule has 6 nitrogen and oxygen atoms in total. The van der Waals surface area contributed by atoms with E-state index < -0.39 is 6.10 Å². The minimum atomic E-state index is -0.464. The van der Waals surface area contributed by atoms with E-state index >= 15 is 0 Å². The summed E-state index contributed by atoms with van der Waals surface area (Å²) in [5.74, 6) is 1.84. The van der Waals surface area contributed by atoms with Crippen LogP contribution in [0.3, 0.4) is 0 Å². The van der Waals surface area contributed by atoms with E-state index in [4.69, 9.17) is 14.7 Å². The Morgan fingerprint density at radius 2 is 1.90 bits per heavy atom. The molecule has 3 heterocycles. The van der Waals surface area contributed by atoms with Crippen molar-refractivity contribution in [2.45, 2.75) is 32.0 Å². The van der Waals surface area contributed by atoms with Crippen molar-refractivity contribution >= 4 is 11.4 Å². The number of aliphatic hydroxyl groups is 1. The number of rotatable bonds is 7. The predicted molar refractivity (Wildman–Crippen MR) is 115 cm³/mol. The smallest absolute Gasteiger partial charge is 0.157 e. The Balaban J connectivity index is 1.46. The molecule has 1 aromatic carbocycles. The molecule has 1 fully saturated rings. The van der Waals surface area contributed by atoms with Crippen LogP contribution >= 0.6 is 0 Å². The summed E-state index contributed by atoms with van der Waals surface area (Å²) in [5, 5.41) is 10.5. The van der Waals surface area contributed by atoms with E-state index in [1.165, 1.54) is 18.4 Å². The van der Waals surface area contributed by atoms with Crippen LogP contribution in [0.25, 0.3) is 5.57 Å². The lowest BCUT2D eigenvalue weighted by molar-refractivity contribution is 0.119. The molecule has 0 spiro atoms. The summed E-state index contributed by atoms with van der Waals surface area (Å²) in [6.45, 7) is 4.96. The molecule has 1 unspecified atom stereocenters. The zero-order chi connectivity index (χ0) is 20.1. The van der Waals surface area contributed by atoms with E-state index in [1.807, 2.05) is 30.3 Å². The lowest BCUT2D eigenvalue weighted by Gasteiger charge is -2.28. The van der Waals surface area contributed by atoms with Crippen LogP contribution in [0.1, 0.15) is 42.4 Å². The molecule has 1 N–H and O–H groups in total. The topological polar surface area (TPSA) is 61.7 Å². The highest BCUT2D eigenvalue weighted by molar-refractivity contribution is 5.62. The molecule has 2 aliphatic rings. The van der Waals surface area contributed by atoms with E-state index in [2.05, 4.69) is 21.9 Å². The Labute approximate surface area is 172 Å². The Hall–Kier alpha value is -2.28. The van der Waals surface area contributed by atoms with Crippen molar-refractivity contribution in [2.75, 3.05) is 44.7 Å². The molecule has 0 radical (unpaired) electrons. The summed E-state index contributed by atoms with van der Waals surface area (Å²) in [5.41, 5.74) is 3.09. The fourth-order valence-electron chi connectivity index (χ4n) is 4.06. The maximum absolute atomic E-state index is 10.5. The lowest BCUT2D eigenvalue weighted by atomic mass is 10.0. The molecule has 0 bridgehead atoms. The molecule has 4 rings (SSSR count). The quantitative estimate of drug-likeness (QED) is 0.779. The van der Waals surface area contributed by atoms with E-state index in [0.717, 1.165) is 55.5 Å². The third-order valence-corrected chi connectivity index (χ3v) is 5.68. The number of β-amino-alcohol motifs (C(OH)–C–C–N with tert-alkyl or cyclic N) is 1. The van der Waals surface area contributed by atoms with E-state index in [0.29, 0.717) is 13.2 Å². The molecule has 0 amide bonds. The van der Waals surface area contributed by atoms with Gasteiger partial charge in [-0.3, -0.25) is 4.90 Å². The Kier molecular flexibility index (Phi) is 6.54. The van der Waals surface area contributed by atoms with Crippen LogP contribution in [0.15, 0.2) is 42.5 Å². The molecule has 1 atom stereocenters. The summed E-state index contributed by atoms with van der Waals surface area (Å²) in [4.78, 5) is 14.3. The van der Waals surface area contributed by atoms with E-state index in [9.17, 15) is 5.11 Å². The third-order valence-electron chi connectivity index (χ3n) is 5.68. The second-order valence-corrected chi connectivity index (χ2v) is 7.83. The molecule has 0 aliphatic carbocycles. The van der Waals surface area contributed by atoms with Crippen LogP contribution in [0, 0.1) is 0 Å². The van der Waals surface area contributed by atoms with E-state index in [-0.39, 0.29) is 0 Å². The first-order valence-electron chi connectivity index (χ1n) is 10.5. The molecule has 154 valence electrons. The van der Waals surface area contributed by atoms with Crippen LogP contribution in [-0.2, 0) is 11.3 Å². The number of nitrogens with zero attached hydrogens (tertiary/aromatic N) is 4. The van der Waals surface area contributed by atoms with Gasteiger partial charge in [0.25, 0.3) is 0 Å². The molecule has 29 heavy (non-hydrogen) atoms. The fourth-order valence-corrected chi connectivity index (χ4v) is 4.06. The van der Waals surface area contributed by atoms with Gasteiger partial charge in [-0.1, -0.05) is 36.4 Å².